The zero-order valence-electron chi connectivity index (χ0n) is 17.6. The SMILES string of the molecule is Cc1cc(C)cc(-n2ncc3c(OCC(=O)N4CCc5ccccc5C4)ncnc32)c1. The van der Waals surface area contributed by atoms with Crippen molar-refractivity contribution in [2.24, 2.45) is 0 Å². The number of hydrogen-bond donors (Lipinski definition) is 0. The Morgan fingerprint density at radius 3 is 2.65 bits per heavy atom. The zero-order chi connectivity index (χ0) is 21.4. The molecule has 0 bridgehead atoms. The van der Waals surface area contributed by atoms with E-state index in [2.05, 4.69) is 59.2 Å². The van der Waals surface area contributed by atoms with Crippen molar-refractivity contribution in [3.63, 3.8) is 0 Å². The first-order valence-electron chi connectivity index (χ1n) is 10.3. The smallest absolute Gasteiger partial charge is 0.260 e. The van der Waals surface area contributed by atoms with E-state index in [9.17, 15) is 4.79 Å². The highest BCUT2D eigenvalue weighted by Gasteiger charge is 2.21. The Morgan fingerprint density at radius 2 is 1.84 bits per heavy atom. The summed E-state index contributed by atoms with van der Waals surface area (Å²) in [5.41, 5.74) is 6.38. The Hall–Kier alpha value is -3.74. The minimum atomic E-state index is -0.0665. The molecule has 1 amide bonds. The van der Waals surface area contributed by atoms with Crippen LogP contribution in [-0.2, 0) is 17.8 Å². The van der Waals surface area contributed by atoms with Crippen LogP contribution in [0, 0.1) is 13.8 Å². The van der Waals surface area contributed by atoms with Crippen molar-refractivity contribution in [1.82, 2.24) is 24.6 Å². The summed E-state index contributed by atoms with van der Waals surface area (Å²) >= 11 is 0. The fourth-order valence-corrected chi connectivity index (χ4v) is 4.13. The fraction of sp³-hybridized carbons (Fsp3) is 0.250. The molecule has 0 aliphatic carbocycles. The van der Waals surface area contributed by atoms with E-state index in [-0.39, 0.29) is 12.5 Å². The van der Waals surface area contributed by atoms with Crippen LogP contribution < -0.4 is 4.74 Å². The van der Waals surface area contributed by atoms with Crippen molar-refractivity contribution < 1.29 is 9.53 Å². The molecule has 5 rings (SSSR count). The maximum atomic E-state index is 12.8. The Labute approximate surface area is 180 Å². The van der Waals surface area contributed by atoms with Gasteiger partial charge >= 0.3 is 0 Å². The van der Waals surface area contributed by atoms with Crippen molar-refractivity contribution in [2.45, 2.75) is 26.8 Å². The first kappa shape index (κ1) is 19.2. The van der Waals surface area contributed by atoms with E-state index in [0.29, 0.717) is 30.0 Å². The number of ether oxygens (including phenoxy) is 1. The highest BCUT2D eigenvalue weighted by atomic mass is 16.5. The average molecular weight is 413 g/mol. The number of hydrogen-bond acceptors (Lipinski definition) is 5. The summed E-state index contributed by atoms with van der Waals surface area (Å²) in [5, 5.41) is 5.17. The van der Waals surface area contributed by atoms with Crippen LogP contribution in [0.3, 0.4) is 0 Å². The number of aromatic nitrogens is 4. The molecule has 1 aliphatic rings. The molecule has 7 heteroatoms. The largest absolute Gasteiger partial charge is 0.467 e. The fourth-order valence-electron chi connectivity index (χ4n) is 4.13. The van der Waals surface area contributed by atoms with Gasteiger partial charge in [0.1, 0.15) is 11.7 Å². The molecule has 2 aromatic carbocycles. The van der Waals surface area contributed by atoms with Gasteiger partial charge in [0.2, 0.25) is 5.88 Å². The second-order valence-corrected chi connectivity index (χ2v) is 7.94. The molecule has 0 N–H and O–H groups in total. The van der Waals surface area contributed by atoms with Crippen LogP contribution in [0.4, 0.5) is 0 Å². The van der Waals surface area contributed by atoms with Gasteiger partial charge in [0.05, 0.1) is 11.9 Å². The number of amides is 1. The van der Waals surface area contributed by atoms with Gasteiger partial charge in [-0.2, -0.15) is 5.10 Å². The predicted molar refractivity (Wildman–Crippen MR) is 117 cm³/mol. The summed E-state index contributed by atoms with van der Waals surface area (Å²) in [7, 11) is 0. The number of benzene rings is 2. The van der Waals surface area contributed by atoms with Gasteiger partial charge in [0, 0.05) is 13.1 Å². The average Bonchev–Trinajstić information content (AvgIpc) is 3.21. The lowest BCUT2D eigenvalue weighted by atomic mass is 10.00. The highest BCUT2D eigenvalue weighted by Crippen LogP contribution is 2.25. The van der Waals surface area contributed by atoms with Gasteiger partial charge < -0.3 is 9.64 Å². The number of rotatable bonds is 4. The Kier molecular flexibility index (Phi) is 4.86. The first-order chi connectivity index (χ1) is 15.1. The molecule has 0 saturated heterocycles. The number of nitrogens with zero attached hydrogens (tertiary/aromatic N) is 5. The third kappa shape index (κ3) is 3.74. The van der Waals surface area contributed by atoms with Gasteiger partial charge in [-0.25, -0.2) is 14.6 Å². The van der Waals surface area contributed by atoms with Crippen LogP contribution in [0.25, 0.3) is 16.7 Å². The van der Waals surface area contributed by atoms with Crippen molar-refractivity contribution in [2.75, 3.05) is 13.2 Å². The third-order valence-corrected chi connectivity index (χ3v) is 5.60. The number of aryl methyl sites for hydroxylation is 2. The summed E-state index contributed by atoms with van der Waals surface area (Å²) in [5.74, 6) is 0.314. The number of carbonyl (C=O) groups excluding carboxylic acids is 1. The van der Waals surface area contributed by atoms with Crippen LogP contribution in [0.15, 0.2) is 55.0 Å². The highest BCUT2D eigenvalue weighted by molar-refractivity contribution is 5.82. The van der Waals surface area contributed by atoms with E-state index in [1.165, 1.54) is 17.5 Å². The summed E-state index contributed by atoms with van der Waals surface area (Å²) in [6.07, 6.45) is 3.99. The van der Waals surface area contributed by atoms with Gasteiger partial charge in [0.25, 0.3) is 5.91 Å². The summed E-state index contributed by atoms with van der Waals surface area (Å²) in [6, 6.07) is 14.5. The Morgan fingerprint density at radius 1 is 1.06 bits per heavy atom. The molecule has 2 aromatic heterocycles. The lowest BCUT2D eigenvalue weighted by Gasteiger charge is -2.28. The summed E-state index contributed by atoms with van der Waals surface area (Å²) in [6.45, 7) is 5.35. The van der Waals surface area contributed by atoms with Crippen LogP contribution >= 0.6 is 0 Å². The van der Waals surface area contributed by atoms with Gasteiger partial charge in [-0.1, -0.05) is 30.3 Å². The van der Waals surface area contributed by atoms with Crippen LogP contribution in [0.5, 0.6) is 5.88 Å². The summed E-state index contributed by atoms with van der Waals surface area (Å²) < 4.78 is 7.59. The summed E-state index contributed by atoms with van der Waals surface area (Å²) in [4.78, 5) is 23.2. The van der Waals surface area contributed by atoms with Crippen molar-refractivity contribution >= 4 is 16.9 Å². The Bertz CT molecular complexity index is 1260. The molecule has 31 heavy (non-hydrogen) atoms. The van der Waals surface area contributed by atoms with E-state index in [1.54, 1.807) is 10.9 Å². The molecule has 156 valence electrons. The lowest BCUT2D eigenvalue weighted by Crippen LogP contribution is -2.38. The minimum Gasteiger partial charge on any atom is -0.467 e. The molecule has 0 unspecified atom stereocenters. The first-order valence-corrected chi connectivity index (χ1v) is 10.3. The van der Waals surface area contributed by atoms with Crippen molar-refractivity contribution in [3.8, 4) is 11.6 Å². The van der Waals surface area contributed by atoms with Gasteiger partial charge in [-0.05, 0) is 54.7 Å². The van der Waals surface area contributed by atoms with Gasteiger partial charge in [-0.3, -0.25) is 4.79 Å². The van der Waals surface area contributed by atoms with E-state index >= 15 is 0 Å². The molecule has 0 saturated carbocycles. The molecule has 4 aromatic rings. The number of carbonyl (C=O) groups is 1. The topological polar surface area (TPSA) is 73.1 Å². The van der Waals surface area contributed by atoms with E-state index in [4.69, 9.17) is 4.74 Å². The minimum absolute atomic E-state index is 0.0528. The van der Waals surface area contributed by atoms with Gasteiger partial charge in [-0.15, -0.1) is 0 Å². The van der Waals surface area contributed by atoms with Gasteiger partial charge in [0.15, 0.2) is 12.3 Å². The molecule has 1 aliphatic heterocycles. The van der Waals surface area contributed by atoms with Crippen LogP contribution in [-0.4, -0.2) is 43.7 Å². The quantitative estimate of drug-likeness (QED) is 0.513. The normalized spacial score (nSPS) is 13.3. The second kappa shape index (κ2) is 7.83. The molecule has 0 fully saturated rings. The molecule has 0 atom stereocenters. The van der Waals surface area contributed by atoms with E-state index < -0.39 is 0 Å². The predicted octanol–water partition coefficient (Wildman–Crippen LogP) is 3.40. The second-order valence-electron chi connectivity index (χ2n) is 7.94. The van der Waals surface area contributed by atoms with E-state index in [1.807, 2.05) is 17.0 Å². The maximum Gasteiger partial charge on any atom is 0.260 e. The van der Waals surface area contributed by atoms with Crippen molar-refractivity contribution in [3.05, 3.63) is 77.2 Å². The Balaban J connectivity index is 1.34. The maximum absolute atomic E-state index is 12.8. The molecule has 0 spiro atoms. The number of fused-ring (bicyclic) bond motifs is 2. The molecule has 7 nitrogen and oxygen atoms in total. The van der Waals surface area contributed by atoms with Crippen LogP contribution in [0.1, 0.15) is 22.3 Å². The van der Waals surface area contributed by atoms with Crippen molar-refractivity contribution in [1.29, 1.82) is 0 Å². The molecular weight excluding hydrogens is 390 g/mol. The van der Waals surface area contributed by atoms with Crippen LogP contribution in [0.2, 0.25) is 0 Å². The monoisotopic (exact) mass is 413 g/mol. The third-order valence-electron chi connectivity index (χ3n) is 5.60. The molecule has 0 radical (unpaired) electrons. The molecule has 3 heterocycles. The zero-order valence-corrected chi connectivity index (χ0v) is 17.6. The standard InChI is InChI=1S/C24H23N5O2/c1-16-9-17(2)11-20(10-16)29-23-21(12-27-29)24(26-15-25-23)31-14-22(30)28-8-7-18-5-3-4-6-19(18)13-28/h3-6,9-12,15H,7-8,13-14H2,1-2H3. The molecular formula is C24H23N5O2. The lowest BCUT2D eigenvalue weighted by molar-refractivity contribution is -0.134. The van der Waals surface area contributed by atoms with E-state index in [0.717, 1.165) is 23.2 Å².